The van der Waals surface area contributed by atoms with Crippen LogP contribution in [0.25, 0.3) is 11.7 Å². The van der Waals surface area contributed by atoms with E-state index in [0.29, 0.717) is 27.7 Å². The molecule has 0 unspecified atom stereocenters. The fourth-order valence-corrected chi connectivity index (χ4v) is 3.16. The van der Waals surface area contributed by atoms with Crippen molar-refractivity contribution in [3.63, 3.8) is 0 Å². The summed E-state index contributed by atoms with van der Waals surface area (Å²) in [7, 11) is 0. The summed E-state index contributed by atoms with van der Waals surface area (Å²) < 4.78 is 15.9. The highest BCUT2D eigenvalue weighted by atomic mass is 19.1. The Balaban J connectivity index is 1.66. The first-order chi connectivity index (χ1) is 15.0. The van der Waals surface area contributed by atoms with Gasteiger partial charge in [-0.05, 0) is 37.1 Å². The molecule has 9 nitrogen and oxygen atoms in total. The average molecular weight is 417 g/mol. The van der Waals surface area contributed by atoms with Crippen molar-refractivity contribution in [2.75, 3.05) is 5.32 Å². The molecule has 3 aromatic heterocycles. The summed E-state index contributed by atoms with van der Waals surface area (Å²) in [4.78, 5) is 11.6. The first-order valence-corrected chi connectivity index (χ1v) is 9.52. The molecule has 1 aliphatic carbocycles. The average Bonchev–Trinajstić information content (AvgIpc) is 3.38. The van der Waals surface area contributed by atoms with Gasteiger partial charge in [0.05, 0.1) is 29.6 Å². The van der Waals surface area contributed by atoms with Gasteiger partial charge in [-0.1, -0.05) is 0 Å². The van der Waals surface area contributed by atoms with Gasteiger partial charge in [-0.25, -0.2) is 9.37 Å². The Morgan fingerprint density at radius 1 is 1.29 bits per heavy atom. The number of nitrogens with zero attached hydrogens (tertiary/aromatic N) is 5. The molecule has 1 fully saturated rings. The van der Waals surface area contributed by atoms with E-state index in [1.165, 1.54) is 18.2 Å². The van der Waals surface area contributed by atoms with Crippen molar-refractivity contribution in [1.82, 2.24) is 19.6 Å². The second kappa shape index (κ2) is 7.14. The van der Waals surface area contributed by atoms with Crippen molar-refractivity contribution >= 4 is 23.2 Å². The van der Waals surface area contributed by atoms with Crippen LogP contribution >= 0.6 is 0 Å². The van der Waals surface area contributed by atoms with Crippen LogP contribution in [-0.4, -0.2) is 35.8 Å². The third kappa shape index (κ3) is 3.64. The van der Waals surface area contributed by atoms with Crippen LogP contribution in [0.15, 0.2) is 41.5 Å². The zero-order valence-electron chi connectivity index (χ0n) is 16.0. The van der Waals surface area contributed by atoms with Crippen LogP contribution in [0.2, 0.25) is 0 Å². The molecule has 0 atom stereocenters. The number of H-pyrrole nitrogens is 1. The van der Waals surface area contributed by atoms with E-state index in [1.807, 2.05) is 6.07 Å². The molecule has 0 radical (unpaired) electrons. The van der Waals surface area contributed by atoms with Gasteiger partial charge in [0.2, 0.25) is 0 Å². The number of hydrogen-bond acceptors (Lipinski definition) is 7. The maximum Gasteiger partial charge on any atom is 0.198 e. The van der Waals surface area contributed by atoms with Gasteiger partial charge in [0.25, 0.3) is 0 Å². The number of benzene rings is 1. The second-order valence-corrected chi connectivity index (χ2v) is 7.23. The highest BCUT2D eigenvalue weighted by molar-refractivity contribution is 5.64. The molecule has 154 valence electrons. The normalized spacial score (nSPS) is 14.8. The first kappa shape index (κ1) is 18.6. The van der Waals surface area contributed by atoms with Gasteiger partial charge in [0.15, 0.2) is 22.9 Å². The summed E-state index contributed by atoms with van der Waals surface area (Å²) in [5.41, 5.74) is 1.76. The number of nitrogens with one attached hydrogen (secondary N) is 2. The van der Waals surface area contributed by atoms with Crippen molar-refractivity contribution in [2.24, 2.45) is 4.99 Å². The van der Waals surface area contributed by atoms with Gasteiger partial charge in [-0.3, -0.25) is 9.98 Å². The van der Waals surface area contributed by atoms with E-state index in [0.717, 1.165) is 18.9 Å². The number of rotatable bonds is 4. The molecule has 0 aliphatic heterocycles. The van der Waals surface area contributed by atoms with Crippen LogP contribution in [-0.2, 0) is 0 Å². The molecule has 10 heteroatoms. The number of hydrogen-bond donors (Lipinski definition) is 4. The Morgan fingerprint density at radius 3 is 2.81 bits per heavy atom. The molecule has 5 rings (SSSR count). The first-order valence-electron chi connectivity index (χ1n) is 9.52. The number of aromatic hydroxyl groups is 2. The van der Waals surface area contributed by atoms with E-state index in [-0.39, 0.29) is 29.1 Å². The summed E-state index contributed by atoms with van der Waals surface area (Å²) in [6.07, 6.45) is 5.18. The number of aromatic nitrogens is 4. The quantitative estimate of drug-likeness (QED) is 0.400. The molecular weight excluding hydrogens is 401 g/mol. The lowest BCUT2D eigenvalue weighted by atomic mass is 10.2. The van der Waals surface area contributed by atoms with Crippen LogP contribution in [0.3, 0.4) is 0 Å². The highest BCUT2D eigenvalue weighted by Gasteiger charge is 2.20. The van der Waals surface area contributed by atoms with Crippen LogP contribution < -0.4 is 16.0 Å². The van der Waals surface area contributed by atoms with Gasteiger partial charge < -0.3 is 15.5 Å². The van der Waals surface area contributed by atoms with Crippen molar-refractivity contribution in [2.45, 2.75) is 18.9 Å². The minimum atomic E-state index is -0.575. The largest absolute Gasteiger partial charge is 0.494 e. The Bertz CT molecular complexity index is 1480. The van der Waals surface area contributed by atoms with Crippen LogP contribution in [0.1, 0.15) is 24.0 Å². The summed E-state index contributed by atoms with van der Waals surface area (Å²) in [5, 5.41) is 36.3. The molecule has 1 saturated carbocycles. The SMILES string of the molecule is N#Cc1ccc(Nc2cc(=NC3CC3)n3ncc(=Cc4cc(O)[nH]c4O)c3n2)c(F)c1. The predicted octanol–water partition coefficient (Wildman–Crippen LogP) is 1.83. The topological polar surface area (TPSA) is 135 Å². The zero-order chi connectivity index (χ0) is 21.5. The molecule has 0 bridgehead atoms. The van der Waals surface area contributed by atoms with Crippen molar-refractivity contribution in [3.8, 4) is 17.8 Å². The smallest absolute Gasteiger partial charge is 0.198 e. The van der Waals surface area contributed by atoms with Crippen molar-refractivity contribution < 1.29 is 14.6 Å². The standard InChI is InChI=1S/C21H16FN7O2/c22-15-5-11(9-23)1-4-16(15)26-17-8-18(25-14-2-3-14)29-20(27-17)13(10-24-29)6-12-7-19(30)28-21(12)31/h1,4-8,10,14,26,28,30-31H,2-3H2. The van der Waals surface area contributed by atoms with E-state index in [9.17, 15) is 14.6 Å². The Hall–Kier alpha value is -4.39. The lowest BCUT2D eigenvalue weighted by Gasteiger charge is -2.08. The number of fused-ring (bicyclic) bond motifs is 1. The van der Waals surface area contributed by atoms with E-state index < -0.39 is 5.82 Å². The number of aromatic amines is 1. The second-order valence-electron chi connectivity index (χ2n) is 7.23. The molecule has 1 aliphatic rings. The summed E-state index contributed by atoms with van der Waals surface area (Å²) in [6.45, 7) is 0. The monoisotopic (exact) mass is 417 g/mol. The molecule has 0 spiro atoms. The minimum Gasteiger partial charge on any atom is -0.494 e. The third-order valence-corrected chi connectivity index (χ3v) is 4.83. The molecule has 1 aromatic carbocycles. The fourth-order valence-electron chi connectivity index (χ4n) is 3.16. The molecule has 4 aromatic rings. The lowest BCUT2D eigenvalue weighted by molar-refractivity contribution is 0.425. The van der Waals surface area contributed by atoms with Gasteiger partial charge in [0, 0.05) is 22.9 Å². The highest BCUT2D eigenvalue weighted by Crippen LogP contribution is 2.24. The Morgan fingerprint density at radius 2 is 2.13 bits per heavy atom. The third-order valence-electron chi connectivity index (χ3n) is 4.83. The maximum absolute atomic E-state index is 14.4. The number of nitriles is 1. The molecule has 0 amide bonds. The molecular formula is C21H16FN7O2. The zero-order valence-corrected chi connectivity index (χ0v) is 16.0. The van der Waals surface area contributed by atoms with Gasteiger partial charge in [-0.15, -0.1) is 0 Å². The molecule has 3 heterocycles. The van der Waals surface area contributed by atoms with E-state index in [4.69, 9.17) is 5.26 Å². The Labute approximate surface area is 174 Å². The van der Waals surface area contributed by atoms with E-state index in [2.05, 4.69) is 25.4 Å². The predicted molar refractivity (Wildman–Crippen MR) is 109 cm³/mol. The minimum absolute atomic E-state index is 0.170. The molecule has 31 heavy (non-hydrogen) atoms. The summed E-state index contributed by atoms with van der Waals surface area (Å²) in [5.74, 6) is -0.578. The van der Waals surface area contributed by atoms with Crippen molar-refractivity contribution in [1.29, 1.82) is 5.26 Å². The summed E-state index contributed by atoms with van der Waals surface area (Å²) in [6, 6.07) is 9.31. The van der Waals surface area contributed by atoms with Crippen LogP contribution in [0, 0.1) is 17.1 Å². The van der Waals surface area contributed by atoms with Crippen molar-refractivity contribution in [3.05, 3.63) is 64.2 Å². The number of halogens is 1. The molecule has 4 N–H and O–H groups in total. The molecule has 0 saturated heterocycles. The van der Waals surface area contributed by atoms with Crippen LogP contribution in [0.4, 0.5) is 15.9 Å². The van der Waals surface area contributed by atoms with E-state index >= 15 is 0 Å². The fraction of sp³-hybridized carbons (Fsp3) is 0.143. The number of anilines is 2. The van der Waals surface area contributed by atoms with Gasteiger partial charge in [0.1, 0.15) is 11.6 Å². The van der Waals surface area contributed by atoms with E-state index in [1.54, 1.807) is 22.9 Å². The van der Waals surface area contributed by atoms with Gasteiger partial charge >= 0.3 is 0 Å². The van der Waals surface area contributed by atoms with Crippen LogP contribution in [0.5, 0.6) is 11.8 Å². The lowest BCUT2D eigenvalue weighted by Crippen LogP contribution is -2.20. The summed E-state index contributed by atoms with van der Waals surface area (Å²) >= 11 is 0. The maximum atomic E-state index is 14.4. The van der Waals surface area contributed by atoms with Gasteiger partial charge in [-0.2, -0.15) is 14.9 Å². The Kier molecular flexibility index (Phi) is 4.29.